The first-order chi connectivity index (χ1) is 13.0. The van der Waals surface area contributed by atoms with Gasteiger partial charge < -0.3 is 9.52 Å². The molecular weight excluding hydrogens is 394 g/mol. The summed E-state index contributed by atoms with van der Waals surface area (Å²) in [5.74, 6) is -1.36. The highest BCUT2D eigenvalue weighted by molar-refractivity contribution is 5.92. The lowest BCUT2D eigenvalue weighted by Crippen LogP contribution is -2.55. The van der Waals surface area contributed by atoms with Crippen LogP contribution in [0.2, 0.25) is 0 Å². The molecule has 2 aromatic heterocycles. The van der Waals surface area contributed by atoms with Gasteiger partial charge in [0.1, 0.15) is 5.69 Å². The highest BCUT2D eigenvalue weighted by Gasteiger charge is 2.63. The van der Waals surface area contributed by atoms with Gasteiger partial charge in [0.05, 0.1) is 6.26 Å². The van der Waals surface area contributed by atoms with E-state index in [4.69, 9.17) is 4.42 Å². The Labute approximate surface area is 153 Å². The zero-order valence-electron chi connectivity index (χ0n) is 13.9. The zero-order chi connectivity index (χ0) is 20.3. The molecule has 4 rings (SSSR count). The van der Waals surface area contributed by atoms with Crippen molar-refractivity contribution in [3.05, 3.63) is 30.2 Å². The van der Waals surface area contributed by atoms with Gasteiger partial charge in [0.25, 0.3) is 5.72 Å². The van der Waals surface area contributed by atoms with Crippen LogP contribution in [0.5, 0.6) is 0 Å². The van der Waals surface area contributed by atoms with Crippen molar-refractivity contribution in [2.24, 2.45) is 11.0 Å². The molecule has 1 unspecified atom stereocenters. The Morgan fingerprint density at radius 3 is 2.39 bits per heavy atom. The lowest BCUT2D eigenvalue weighted by molar-refractivity contribution is -0.254. The van der Waals surface area contributed by atoms with Crippen molar-refractivity contribution in [2.45, 2.75) is 37.3 Å². The molecule has 1 saturated carbocycles. The van der Waals surface area contributed by atoms with Crippen LogP contribution in [0.3, 0.4) is 0 Å². The molecule has 0 aromatic carbocycles. The summed E-state index contributed by atoms with van der Waals surface area (Å²) in [6.07, 6.45) is -8.66. The molecule has 0 bridgehead atoms. The molecule has 1 aliphatic carbocycles. The van der Waals surface area contributed by atoms with Crippen LogP contribution in [0.25, 0.3) is 11.5 Å². The van der Waals surface area contributed by atoms with E-state index in [9.17, 15) is 31.4 Å². The average Bonchev–Trinajstić information content (AvgIpc) is 3.16. The minimum atomic E-state index is -5.20. The molecule has 2 aromatic rings. The van der Waals surface area contributed by atoms with Crippen molar-refractivity contribution < 1.29 is 35.9 Å². The first-order valence-electron chi connectivity index (χ1n) is 8.16. The first-order valence-corrected chi connectivity index (χ1v) is 8.16. The van der Waals surface area contributed by atoms with Gasteiger partial charge in [-0.15, -0.1) is 0 Å². The second kappa shape index (κ2) is 5.93. The third kappa shape index (κ3) is 3.11. The normalized spacial score (nSPS) is 23.2. The number of furan rings is 1. The zero-order valence-corrected chi connectivity index (χ0v) is 13.9. The van der Waals surface area contributed by atoms with E-state index in [1.54, 1.807) is 0 Å². The molecule has 2 aliphatic rings. The molecule has 0 saturated heterocycles. The van der Waals surface area contributed by atoms with Crippen molar-refractivity contribution in [2.75, 3.05) is 5.01 Å². The Kier molecular flexibility index (Phi) is 3.97. The van der Waals surface area contributed by atoms with Gasteiger partial charge in [0.15, 0.2) is 11.5 Å². The highest BCUT2D eigenvalue weighted by atomic mass is 19.4. The fraction of sp³-hybridized carbons (Fsp3) is 0.438. The largest absolute Gasteiger partial charge is 0.463 e. The summed E-state index contributed by atoms with van der Waals surface area (Å²) in [6.45, 7) is 0. The summed E-state index contributed by atoms with van der Waals surface area (Å²) in [4.78, 5) is 6.95. The Morgan fingerprint density at radius 2 is 1.86 bits per heavy atom. The summed E-state index contributed by atoms with van der Waals surface area (Å²) >= 11 is 0. The predicted octanol–water partition coefficient (Wildman–Crippen LogP) is 3.98. The van der Waals surface area contributed by atoms with Gasteiger partial charge in [-0.25, -0.2) is 9.97 Å². The van der Waals surface area contributed by atoms with Crippen LogP contribution < -0.4 is 5.01 Å². The summed E-state index contributed by atoms with van der Waals surface area (Å²) in [5, 5.41) is 14.1. The molecule has 150 valence electrons. The fourth-order valence-electron chi connectivity index (χ4n) is 2.87. The van der Waals surface area contributed by atoms with E-state index in [1.165, 1.54) is 18.4 Å². The maximum atomic E-state index is 13.6. The van der Waals surface area contributed by atoms with Gasteiger partial charge in [0.2, 0.25) is 5.95 Å². The Hall–Kier alpha value is -2.63. The van der Waals surface area contributed by atoms with E-state index in [0.717, 1.165) is 0 Å². The lowest BCUT2D eigenvalue weighted by atomic mass is 10.0. The van der Waals surface area contributed by atoms with Crippen LogP contribution in [-0.2, 0) is 6.18 Å². The number of nitrogens with zero attached hydrogens (tertiary/aromatic N) is 4. The van der Waals surface area contributed by atoms with Gasteiger partial charge in [-0.3, -0.25) is 0 Å². The summed E-state index contributed by atoms with van der Waals surface area (Å²) < 4.78 is 85.5. The van der Waals surface area contributed by atoms with E-state index in [1.807, 2.05) is 0 Å². The van der Waals surface area contributed by atoms with Crippen LogP contribution >= 0.6 is 0 Å². The quantitative estimate of drug-likeness (QED) is 0.781. The molecule has 0 radical (unpaired) electrons. The van der Waals surface area contributed by atoms with Crippen molar-refractivity contribution >= 4 is 11.7 Å². The molecule has 1 atom stereocenters. The maximum Gasteiger partial charge on any atom is 0.438 e. The maximum absolute atomic E-state index is 13.6. The van der Waals surface area contributed by atoms with Crippen LogP contribution in [0.4, 0.5) is 32.3 Å². The number of halogens is 6. The van der Waals surface area contributed by atoms with E-state index in [0.29, 0.717) is 18.9 Å². The SMILES string of the molecule is OC1(C(F)(F)F)CC(C2CC2)=NN1c1nc(-c2ccco2)cc(C(F)(F)F)n1. The van der Waals surface area contributed by atoms with Gasteiger partial charge in [-0.05, 0) is 37.0 Å². The van der Waals surface area contributed by atoms with Gasteiger partial charge >= 0.3 is 12.4 Å². The van der Waals surface area contributed by atoms with Gasteiger partial charge in [0, 0.05) is 12.1 Å². The third-order valence-electron chi connectivity index (χ3n) is 4.48. The highest BCUT2D eigenvalue weighted by Crippen LogP contribution is 2.46. The van der Waals surface area contributed by atoms with E-state index >= 15 is 0 Å². The number of hydrogen-bond donors (Lipinski definition) is 1. The van der Waals surface area contributed by atoms with Crippen molar-refractivity contribution in [3.63, 3.8) is 0 Å². The van der Waals surface area contributed by atoms with Crippen molar-refractivity contribution in [1.82, 2.24) is 9.97 Å². The predicted molar refractivity (Wildman–Crippen MR) is 83.0 cm³/mol. The Bertz CT molecular complexity index is 920. The average molecular weight is 406 g/mol. The number of aromatic nitrogens is 2. The molecule has 3 heterocycles. The number of alkyl halides is 6. The molecular formula is C16H12F6N4O2. The second-order valence-corrected chi connectivity index (χ2v) is 6.58. The topological polar surface area (TPSA) is 74.8 Å². The van der Waals surface area contributed by atoms with E-state index in [-0.39, 0.29) is 28.1 Å². The molecule has 1 N–H and O–H groups in total. The summed E-state index contributed by atoms with van der Waals surface area (Å²) in [6, 6.07) is 3.23. The standard InChI is InChI=1S/C16H12F6N4O2/c17-15(18,19)12-6-9(11-2-1-5-28-11)23-13(24-12)26-14(27,16(20,21)22)7-10(25-26)8-3-4-8/h1-2,5-6,8,27H,3-4,7H2. The molecule has 6 nitrogen and oxygen atoms in total. The van der Waals surface area contributed by atoms with Crippen molar-refractivity contribution in [1.29, 1.82) is 0 Å². The van der Waals surface area contributed by atoms with Gasteiger partial charge in [-0.2, -0.15) is 36.5 Å². The van der Waals surface area contributed by atoms with Gasteiger partial charge in [-0.1, -0.05) is 0 Å². The first kappa shape index (κ1) is 18.7. The van der Waals surface area contributed by atoms with E-state index in [2.05, 4.69) is 15.1 Å². The van der Waals surface area contributed by atoms with E-state index < -0.39 is 36.1 Å². The van der Waals surface area contributed by atoms with Crippen LogP contribution in [0.1, 0.15) is 25.0 Å². The number of hydrogen-bond acceptors (Lipinski definition) is 6. The van der Waals surface area contributed by atoms with Crippen molar-refractivity contribution in [3.8, 4) is 11.5 Å². The minimum Gasteiger partial charge on any atom is -0.463 e. The van der Waals surface area contributed by atoms with Crippen LogP contribution in [0, 0.1) is 5.92 Å². The van der Waals surface area contributed by atoms with Crippen LogP contribution in [0.15, 0.2) is 34.0 Å². The minimum absolute atomic E-state index is 0.0301. The summed E-state index contributed by atoms with van der Waals surface area (Å²) in [5.41, 5.74) is -5.35. The molecule has 0 spiro atoms. The third-order valence-corrected chi connectivity index (χ3v) is 4.48. The smallest absolute Gasteiger partial charge is 0.438 e. The molecule has 1 fully saturated rings. The lowest BCUT2D eigenvalue weighted by Gasteiger charge is -2.32. The Balaban J connectivity index is 1.87. The second-order valence-electron chi connectivity index (χ2n) is 6.58. The molecule has 1 aliphatic heterocycles. The fourth-order valence-corrected chi connectivity index (χ4v) is 2.87. The molecule has 28 heavy (non-hydrogen) atoms. The molecule has 0 amide bonds. The monoisotopic (exact) mass is 406 g/mol. The number of anilines is 1. The number of aliphatic hydroxyl groups is 1. The molecule has 12 heteroatoms. The Morgan fingerprint density at radius 1 is 1.14 bits per heavy atom. The number of hydrazone groups is 1. The summed E-state index contributed by atoms with van der Waals surface area (Å²) in [7, 11) is 0. The number of rotatable bonds is 3. The van der Waals surface area contributed by atoms with Crippen LogP contribution in [-0.4, -0.2) is 32.7 Å².